The highest BCUT2D eigenvalue weighted by atomic mass is 16.5. The van der Waals surface area contributed by atoms with Gasteiger partial charge in [0.05, 0.1) is 12.5 Å². The number of carbonyl (C=O) groups is 1. The van der Waals surface area contributed by atoms with Crippen molar-refractivity contribution in [3.8, 4) is 0 Å². The molecule has 4 fully saturated rings. The summed E-state index contributed by atoms with van der Waals surface area (Å²) in [5.41, 5.74) is 1.24. The van der Waals surface area contributed by atoms with Crippen molar-refractivity contribution in [1.29, 1.82) is 0 Å². The van der Waals surface area contributed by atoms with Crippen molar-refractivity contribution in [2.75, 3.05) is 0 Å². The minimum absolute atomic E-state index is 0.0209. The molecule has 108 valence electrons. The molecule has 0 aromatic carbocycles. The van der Waals surface area contributed by atoms with E-state index in [1.165, 1.54) is 38.5 Å². The molecule has 2 heteroatoms. The number of carbonyl (C=O) groups excluding carboxylic acids is 1. The standard InChI is InChI=1S/C17H28O2/c1-12(2)19-14(18)8-17-7-13-5-15(3,10-17)9-16(4,6-13)11-17/h12-13H,5-11H2,1-4H3. The third kappa shape index (κ3) is 2.43. The SMILES string of the molecule is CC(C)OC(=O)CC12CC3CC(C)(CC(C)(C3)C1)C2. The molecule has 0 amide bonds. The fraction of sp³-hybridized carbons (Fsp3) is 0.941. The van der Waals surface area contributed by atoms with E-state index in [4.69, 9.17) is 4.74 Å². The molecule has 2 atom stereocenters. The van der Waals surface area contributed by atoms with E-state index >= 15 is 0 Å². The van der Waals surface area contributed by atoms with E-state index in [1.54, 1.807) is 0 Å². The van der Waals surface area contributed by atoms with Gasteiger partial charge in [-0.25, -0.2) is 0 Å². The molecule has 0 aromatic rings. The summed E-state index contributed by atoms with van der Waals surface area (Å²) < 4.78 is 5.42. The van der Waals surface area contributed by atoms with Crippen LogP contribution in [-0.4, -0.2) is 12.1 Å². The maximum Gasteiger partial charge on any atom is 0.306 e. The summed E-state index contributed by atoms with van der Waals surface area (Å²) in [7, 11) is 0. The van der Waals surface area contributed by atoms with Crippen LogP contribution in [0.3, 0.4) is 0 Å². The van der Waals surface area contributed by atoms with Crippen LogP contribution >= 0.6 is 0 Å². The molecule has 0 saturated heterocycles. The van der Waals surface area contributed by atoms with Gasteiger partial charge in [-0.3, -0.25) is 4.79 Å². The Balaban J connectivity index is 1.79. The molecule has 4 saturated carbocycles. The Bertz CT molecular complexity index is 380. The van der Waals surface area contributed by atoms with Crippen LogP contribution < -0.4 is 0 Å². The van der Waals surface area contributed by atoms with Gasteiger partial charge in [0, 0.05) is 0 Å². The molecule has 4 bridgehead atoms. The molecule has 0 N–H and O–H groups in total. The second-order valence-corrected chi connectivity index (χ2v) is 8.85. The van der Waals surface area contributed by atoms with Crippen molar-refractivity contribution >= 4 is 5.97 Å². The number of rotatable bonds is 3. The fourth-order valence-electron chi connectivity index (χ4n) is 6.49. The van der Waals surface area contributed by atoms with Crippen LogP contribution in [0.15, 0.2) is 0 Å². The van der Waals surface area contributed by atoms with Crippen LogP contribution in [0.4, 0.5) is 0 Å². The van der Waals surface area contributed by atoms with E-state index in [-0.39, 0.29) is 17.5 Å². The summed E-state index contributed by atoms with van der Waals surface area (Å²) in [6, 6.07) is 0. The maximum atomic E-state index is 12.1. The van der Waals surface area contributed by atoms with E-state index < -0.39 is 0 Å². The molecule has 4 aliphatic rings. The first-order chi connectivity index (χ1) is 8.72. The van der Waals surface area contributed by atoms with Crippen LogP contribution in [-0.2, 0) is 9.53 Å². The van der Waals surface area contributed by atoms with Crippen molar-refractivity contribution in [2.45, 2.75) is 78.7 Å². The number of esters is 1. The van der Waals surface area contributed by atoms with Crippen LogP contribution in [0.2, 0.25) is 0 Å². The maximum absolute atomic E-state index is 12.1. The van der Waals surface area contributed by atoms with Crippen molar-refractivity contribution in [1.82, 2.24) is 0 Å². The number of hydrogen-bond acceptors (Lipinski definition) is 2. The Kier molecular flexibility index (Phi) is 2.82. The van der Waals surface area contributed by atoms with Crippen LogP contribution in [0.25, 0.3) is 0 Å². The lowest BCUT2D eigenvalue weighted by Gasteiger charge is -2.65. The Hall–Kier alpha value is -0.530. The lowest BCUT2D eigenvalue weighted by Crippen LogP contribution is -2.55. The second kappa shape index (κ2) is 3.99. The Morgan fingerprint density at radius 2 is 1.68 bits per heavy atom. The predicted octanol–water partition coefficient (Wildman–Crippen LogP) is 4.32. The van der Waals surface area contributed by atoms with E-state index in [0.717, 1.165) is 5.92 Å². The van der Waals surface area contributed by atoms with Crippen molar-refractivity contribution in [3.05, 3.63) is 0 Å². The van der Waals surface area contributed by atoms with Gasteiger partial charge in [0.25, 0.3) is 0 Å². The number of hydrogen-bond donors (Lipinski definition) is 0. The summed E-state index contributed by atoms with van der Waals surface area (Å²) in [6.07, 6.45) is 8.61. The molecule has 4 rings (SSSR count). The van der Waals surface area contributed by atoms with E-state index in [0.29, 0.717) is 17.3 Å². The van der Waals surface area contributed by atoms with Crippen LogP contribution in [0.5, 0.6) is 0 Å². The van der Waals surface area contributed by atoms with Gasteiger partial charge in [-0.15, -0.1) is 0 Å². The molecule has 0 spiro atoms. The molecule has 2 unspecified atom stereocenters. The summed E-state index contributed by atoms with van der Waals surface area (Å²) in [5, 5.41) is 0. The van der Waals surface area contributed by atoms with Gasteiger partial charge >= 0.3 is 5.97 Å². The average molecular weight is 264 g/mol. The molecule has 0 aromatic heterocycles. The molecular formula is C17H28O2. The number of ether oxygens (including phenoxy) is 1. The molecule has 0 heterocycles. The fourth-order valence-corrected chi connectivity index (χ4v) is 6.49. The molecule has 2 nitrogen and oxygen atoms in total. The highest BCUT2D eigenvalue weighted by Gasteiger charge is 2.60. The first-order valence-corrected chi connectivity index (χ1v) is 7.91. The molecular weight excluding hydrogens is 236 g/mol. The van der Waals surface area contributed by atoms with Crippen LogP contribution in [0.1, 0.15) is 72.6 Å². The minimum Gasteiger partial charge on any atom is -0.463 e. The van der Waals surface area contributed by atoms with Gasteiger partial charge in [-0.2, -0.15) is 0 Å². The van der Waals surface area contributed by atoms with Gasteiger partial charge < -0.3 is 4.74 Å². The Morgan fingerprint density at radius 3 is 2.16 bits per heavy atom. The van der Waals surface area contributed by atoms with E-state index in [2.05, 4.69) is 13.8 Å². The van der Waals surface area contributed by atoms with Gasteiger partial charge in [-0.05, 0) is 74.5 Å². The van der Waals surface area contributed by atoms with Crippen LogP contribution in [0, 0.1) is 22.2 Å². The van der Waals surface area contributed by atoms with Gasteiger partial charge in [-0.1, -0.05) is 13.8 Å². The van der Waals surface area contributed by atoms with Gasteiger partial charge in [0.2, 0.25) is 0 Å². The lowest BCUT2D eigenvalue weighted by molar-refractivity contribution is -0.170. The third-order valence-corrected chi connectivity index (χ3v) is 5.63. The van der Waals surface area contributed by atoms with Crippen molar-refractivity contribution in [2.24, 2.45) is 22.2 Å². The average Bonchev–Trinajstić information content (AvgIpc) is 2.06. The lowest BCUT2D eigenvalue weighted by atomic mass is 9.40. The summed E-state index contributed by atoms with van der Waals surface area (Å²) >= 11 is 0. The molecule has 19 heavy (non-hydrogen) atoms. The van der Waals surface area contributed by atoms with Crippen molar-refractivity contribution in [3.63, 3.8) is 0 Å². The zero-order valence-electron chi connectivity index (χ0n) is 12.9. The summed E-state index contributed by atoms with van der Waals surface area (Å²) in [5.74, 6) is 0.891. The Labute approximate surface area is 117 Å². The zero-order valence-corrected chi connectivity index (χ0v) is 12.9. The largest absolute Gasteiger partial charge is 0.463 e. The first kappa shape index (κ1) is 13.5. The normalized spacial score (nSPS) is 47.7. The first-order valence-electron chi connectivity index (χ1n) is 7.91. The highest BCUT2D eigenvalue weighted by Crippen LogP contribution is 2.70. The second-order valence-electron chi connectivity index (χ2n) is 8.85. The Morgan fingerprint density at radius 1 is 1.11 bits per heavy atom. The topological polar surface area (TPSA) is 26.3 Å². The summed E-state index contributed by atoms with van der Waals surface area (Å²) in [6.45, 7) is 8.80. The molecule has 0 radical (unpaired) electrons. The smallest absolute Gasteiger partial charge is 0.306 e. The van der Waals surface area contributed by atoms with Gasteiger partial charge in [0.15, 0.2) is 0 Å². The molecule has 4 aliphatic carbocycles. The zero-order chi connectivity index (χ0) is 13.9. The van der Waals surface area contributed by atoms with Crippen molar-refractivity contribution < 1.29 is 9.53 Å². The highest BCUT2D eigenvalue weighted by molar-refractivity contribution is 5.70. The van der Waals surface area contributed by atoms with E-state index in [9.17, 15) is 4.79 Å². The summed E-state index contributed by atoms with van der Waals surface area (Å²) in [4.78, 5) is 12.1. The third-order valence-electron chi connectivity index (χ3n) is 5.63. The van der Waals surface area contributed by atoms with E-state index in [1.807, 2.05) is 13.8 Å². The van der Waals surface area contributed by atoms with Gasteiger partial charge in [0.1, 0.15) is 0 Å². The molecule has 0 aliphatic heterocycles. The quantitative estimate of drug-likeness (QED) is 0.709. The minimum atomic E-state index is 0.0209. The predicted molar refractivity (Wildman–Crippen MR) is 75.7 cm³/mol. The monoisotopic (exact) mass is 264 g/mol.